The highest BCUT2D eigenvalue weighted by Gasteiger charge is 2.26. The summed E-state index contributed by atoms with van der Waals surface area (Å²) in [6, 6.07) is 6.77. The Morgan fingerprint density at radius 2 is 1.85 bits per heavy atom. The number of ether oxygens (including phenoxy) is 1. The average Bonchev–Trinajstić information content (AvgIpc) is 2.84. The van der Waals surface area contributed by atoms with Gasteiger partial charge in [-0.05, 0) is 42.3 Å². The van der Waals surface area contributed by atoms with Crippen LogP contribution in [0.1, 0.15) is 28.4 Å². The lowest BCUT2D eigenvalue weighted by Gasteiger charge is -2.08. The Labute approximate surface area is 115 Å². The maximum Gasteiger partial charge on any atom is 0.339 e. The van der Waals surface area contributed by atoms with Crippen LogP contribution in [-0.4, -0.2) is 17.5 Å². The van der Waals surface area contributed by atoms with Gasteiger partial charge >= 0.3 is 5.97 Å². The van der Waals surface area contributed by atoms with E-state index in [4.69, 9.17) is 4.74 Å². The van der Waals surface area contributed by atoms with Crippen LogP contribution in [-0.2, 0) is 17.6 Å². The number of non-ortho nitro benzene ring substituents is 1. The Kier molecular flexibility index (Phi) is 2.89. The summed E-state index contributed by atoms with van der Waals surface area (Å²) in [6.07, 6.45) is 1.71. The molecule has 3 rings (SSSR count). The molecule has 0 aromatic heterocycles. The van der Waals surface area contributed by atoms with Crippen molar-refractivity contribution < 1.29 is 14.5 Å². The van der Waals surface area contributed by atoms with E-state index in [2.05, 4.69) is 0 Å². The monoisotopic (exact) mass is 271 g/mol. The maximum absolute atomic E-state index is 12.0. The molecule has 2 aromatic rings. The predicted molar refractivity (Wildman–Crippen MR) is 74.0 cm³/mol. The molecule has 102 valence electrons. The smallest absolute Gasteiger partial charge is 0.339 e. The van der Waals surface area contributed by atoms with Crippen LogP contribution in [0, 0.1) is 10.1 Å². The molecule has 0 bridgehead atoms. The topological polar surface area (TPSA) is 69.4 Å². The van der Waals surface area contributed by atoms with Crippen LogP contribution < -0.4 is 0 Å². The summed E-state index contributed by atoms with van der Waals surface area (Å²) in [4.78, 5) is 22.8. The second kappa shape index (κ2) is 4.59. The Balaban J connectivity index is 2.37. The number of carbonyl (C=O) groups is 1. The van der Waals surface area contributed by atoms with Crippen molar-refractivity contribution in [3.63, 3.8) is 0 Å². The first-order chi connectivity index (χ1) is 9.63. The van der Waals surface area contributed by atoms with Crippen LogP contribution in [0.2, 0.25) is 0 Å². The van der Waals surface area contributed by atoms with Crippen LogP contribution in [0.5, 0.6) is 0 Å². The first-order valence-corrected chi connectivity index (χ1v) is 6.52. The van der Waals surface area contributed by atoms with Gasteiger partial charge in [-0.1, -0.05) is 12.1 Å². The van der Waals surface area contributed by atoms with Crippen molar-refractivity contribution in [1.29, 1.82) is 0 Å². The molecule has 2 aromatic carbocycles. The zero-order valence-corrected chi connectivity index (χ0v) is 11.0. The van der Waals surface area contributed by atoms with Crippen LogP contribution in [0.4, 0.5) is 5.69 Å². The van der Waals surface area contributed by atoms with E-state index in [0.29, 0.717) is 5.39 Å². The zero-order chi connectivity index (χ0) is 14.3. The number of hydrogen-bond donors (Lipinski definition) is 0. The molecule has 0 spiro atoms. The third-order valence-corrected chi connectivity index (χ3v) is 3.67. The van der Waals surface area contributed by atoms with Crippen LogP contribution in [0.15, 0.2) is 24.3 Å². The van der Waals surface area contributed by atoms with E-state index in [1.165, 1.54) is 6.07 Å². The molecule has 0 heterocycles. The molecular weight excluding hydrogens is 258 g/mol. The summed E-state index contributed by atoms with van der Waals surface area (Å²) >= 11 is 0. The van der Waals surface area contributed by atoms with E-state index in [0.717, 1.165) is 29.4 Å². The van der Waals surface area contributed by atoms with Crippen molar-refractivity contribution in [3.05, 3.63) is 51.1 Å². The standard InChI is InChI=1S/C15H13NO4/c1-2-20-15(17)11-7-5-9-3-4-10-6-8-12(16(18)19)14(11)13(9)10/h5-8H,2-4H2,1H3. The van der Waals surface area contributed by atoms with E-state index in [1.807, 2.05) is 6.07 Å². The molecule has 1 aliphatic rings. The summed E-state index contributed by atoms with van der Waals surface area (Å²) < 4.78 is 5.01. The Morgan fingerprint density at radius 3 is 2.45 bits per heavy atom. The van der Waals surface area contributed by atoms with E-state index in [1.54, 1.807) is 19.1 Å². The first kappa shape index (κ1) is 12.6. The molecule has 5 heteroatoms. The minimum absolute atomic E-state index is 0.0319. The van der Waals surface area contributed by atoms with Gasteiger partial charge in [-0.3, -0.25) is 10.1 Å². The lowest BCUT2D eigenvalue weighted by Crippen LogP contribution is -2.07. The fourth-order valence-corrected chi connectivity index (χ4v) is 2.84. The van der Waals surface area contributed by atoms with Gasteiger partial charge in [-0.25, -0.2) is 4.79 Å². The van der Waals surface area contributed by atoms with Gasteiger partial charge in [0.2, 0.25) is 0 Å². The highest BCUT2D eigenvalue weighted by molar-refractivity contribution is 6.10. The molecule has 0 unspecified atom stereocenters. The zero-order valence-electron chi connectivity index (χ0n) is 11.0. The molecule has 0 aliphatic heterocycles. The fraction of sp³-hybridized carbons (Fsp3) is 0.267. The SMILES string of the molecule is CCOC(=O)c1ccc2c3c(ccc([N+](=O)[O-])c13)CC2. The molecule has 0 N–H and O–H groups in total. The van der Waals surface area contributed by atoms with Gasteiger partial charge in [0, 0.05) is 6.07 Å². The number of esters is 1. The summed E-state index contributed by atoms with van der Waals surface area (Å²) in [6.45, 7) is 1.96. The largest absolute Gasteiger partial charge is 0.462 e. The van der Waals surface area contributed by atoms with E-state index < -0.39 is 10.9 Å². The Hall–Kier alpha value is -2.43. The molecule has 0 saturated carbocycles. The third-order valence-electron chi connectivity index (χ3n) is 3.67. The second-order valence-electron chi connectivity index (χ2n) is 4.74. The van der Waals surface area contributed by atoms with E-state index in [-0.39, 0.29) is 17.9 Å². The number of carbonyl (C=O) groups excluding carboxylic acids is 1. The van der Waals surface area contributed by atoms with Crippen LogP contribution in [0.3, 0.4) is 0 Å². The van der Waals surface area contributed by atoms with Gasteiger partial charge in [-0.2, -0.15) is 0 Å². The molecule has 5 nitrogen and oxygen atoms in total. The molecular formula is C15H13NO4. The van der Waals surface area contributed by atoms with E-state index >= 15 is 0 Å². The maximum atomic E-state index is 12.0. The van der Waals surface area contributed by atoms with Crippen molar-refractivity contribution in [3.8, 4) is 0 Å². The highest BCUT2D eigenvalue weighted by Crippen LogP contribution is 2.38. The lowest BCUT2D eigenvalue weighted by atomic mass is 9.98. The quantitative estimate of drug-likeness (QED) is 0.489. The molecule has 1 aliphatic carbocycles. The van der Waals surface area contributed by atoms with Crippen molar-refractivity contribution in [1.82, 2.24) is 0 Å². The molecule has 0 amide bonds. The molecule has 0 fully saturated rings. The number of hydrogen-bond acceptors (Lipinski definition) is 4. The first-order valence-electron chi connectivity index (χ1n) is 6.52. The molecule has 0 radical (unpaired) electrons. The second-order valence-corrected chi connectivity index (χ2v) is 4.74. The van der Waals surface area contributed by atoms with Gasteiger partial charge in [0.15, 0.2) is 0 Å². The van der Waals surface area contributed by atoms with Crippen LogP contribution in [0.25, 0.3) is 10.8 Å². The number of nitrogens with zero attached hydrogens (tertiary/aromatic N) is 1. The molecule has 20 heavy (non-hydrogen) atoms. The number of rotatable bonds is 3. The number of nitro groups is 1. The van der Waals surface area contributed by atoms with Crippen molar-refractivity contribution in [2.45, 2.75) is 19.8 Å². The van der Waals surface area contributed by atoms with Gasteiger partial charge in [-0.15, -0.1) is 0 Å². The summed E-state index contributed by atoms with van der Waals surface area (Å²) in [7, 11) is 0. The average molecular weight is 271 g/mol. The third kappa shape index (κ3) is 1.74. The van der Waals surface area contributed by atoms with Crippen LogP contribution >= 0.6 is 0 Å². The van der Waals surface area contributed by atoms with Gasteiger partial charge in [0.05, 0.1) is 22.5 Å². The molecule has 0 saturated heterocycles. The summed E-state index contributed by atoms with van der Waals surface area (Å²) in [5.74, 6) is -0.508. The predicted octanol–water partition coefficient (Wildman–Crippen LogP) is 3.02. The summed E-state index contributed by atoms with van der Waals surface area (Å²) in [5.41, 5.74) is 2.37. The highest BCUT2D eigenvalue weighted by atomic mass is 16.6. The number of benzene rings is 2. The van der Waals surface area contributed by atoms with Crippen molar-refractivity contribution in [2.75, 3.05) is 6.61 Å². The van der Waals surface area contributed by atoms with E-state index in [9.17, 15) is 14.9 Å². The minimum atomic E-state index is -0.508. The van der Waals surface area contributed by atoms with Gasteiger partial charge in [0.25, 0.3) is 5.69 Å². The number of aryl methyl sites for hydroxylation is 2. The summed E-state index contributed by atoms with van der Waals surface area (Å²) in [5, 5.41) is 12.5. The number of nitro benzene ring substituents is 1. The van der Waals surface area contributed by atoms with Gasteiger partial charge in [0.1, 0.15) is 0 Å². The minimum Gasteiger partial charge on any atom is -0.462 e. The normalized spacial score (nSPS) is 12.7. The fourth-order valence-electron chi connectivity index (χ4n) is 2.84. The Bertz CT molecular complexity index is 726. The Morgan fingerprint density at radius 1 is 1.20 bits per heavy atom. The van der Waals surface area contributed by atoms with Crippen molar-refractivity contribution >= 4 is 22.4 Å². The lowest BCUT2D eigenvalue weighted by molar-refractivity contribution is -0.383. The van der Waals surface area contributed by atoms with Gasteiger partial charge < -0.3 is 4.74 Å². The van der Waals surface area contributed by atoms with Crippen molar-refractivity contribution in [2.24, 2.45) is 0 Å². The molecule has 0 atom stereocenters.